The van der Waals surface area contributed by atoms with Crippen LogP contribution in [-0.4, -0.2) is 21.7 Å². The number of nitrogens with zero attached hydrogens (tertiary/aromatic N) is 2. The zero-order valence-corrected chi connectivity index (χ0v) is 14.7. The summed E-state index contributed by atoms with van der Waals surface area (Å²) >= 11 is 1.56. The number of benzene rings is 1. The summed E-state index contributed by atoms with van der Waals surface area (Å²) in [7, 11) is 0. The summed E-state index contributed by atoms with van der Waals surface area (Å²) in [5, 5.41) is 23.8. The van der Waals surface area contributed by atoms with Crippen molar-refractivity contribution in [3.63, 3.8) is 0 Å². The number of nitriles is 1. The number of fused-ring (bicyclic) bond motifs is 2. The fraction of sp³-hybridized carbons (Fsp3) is 0.100. The Balaban J connectivity index is 1.77. The van der Waals surface area contributed by atoms with Crippen LogP contribution in [0.3, 0.4) is 0 Å². The van der Waals surface area contributed by atoms with Gasteiger partial charge >= 0.3 is 0 Å². The maximum Gasteiger partial charge on any atom is 0.125 e. The number of H-pyrrole nitrogens is 1. The molecule has 0 saturated carbocycles. The van der Waals surface area contributed by atoms with Gasteiger partial charge in [-0.25, -0.2) is 4.98 Å². The van der Waals surface area contributed by atoms with Crippen LogP contribution in [-0.2, 0) is 0 Å². The lowest BCUT2D eigenvalue weighted by Crippen LogP contribution is -1.95. The molecule has 0 fully saturated rings. The van der Waals surface area contributed by atoms with Gasteiger partial charge in [-0.2, -0.15) is 5.26 Å². The van der Waals surface area contributed by atoms with Crippen LogP contribution < -0.4 is 5.32 Å². The smallest absolute Gasteiger partial charge is 0.125 e. The highest BCUT2D eigenvalue weighted by atomic mass is 32.1. The molecule has 5 nitrogen and oxygen atoms in total. The van der Waals surface area contributed by atoms with Gasteiger partial charge in [-0.3, -0.25) is 0 Å². The lowest BCUT2D eigenvalue weighted by molar-refractivity contribution is 0.303. The SMILES string of the molecule is N#Cc1cnc2sc(/C=C/CCO)cc2c1Nc1ccc2[nH]ccc2c1. The van der Waals surface area contributed by atoms with Crippen LogP contribution in [0.5, 0.6) is 0 Å². The molecule has 0 bridgehead atoms. The third-order valence-electron chi connectivity index (χ3n) is 4.10. The molecule has 0 spiro atoms. The Morgan fingerprint density at radius 1 is 1.31 bits per heavy atom. The number of aromatic nitrogens is 2. The summed E-state index contributed by atoms with van der Waals surface area (Å²) in [5.74, 6) is 0. The Morgan fingerprint density at radius 3 is 3.08 bits per heavy atom. The number of aliphatic hydroxyl groups is 1. The number of aliphatic hydroxyl groups excluding tert-OH is 1. The number of hydrogen-bond acceptors (Lipinski definition) is 5. The van der Waals surface area contributed by atoms with Crippen LogP contribution in [0.4, 0.5) is 11.4 Å². The molecule has 26 heavy (non-hydrogen) atoms. The molecule has 0 aliphatic rings. The van der Waals surface area contributed by atoms with Crippen molar-refractivity contribution in [1.29, 1.82) is 5.26 Å². The van der Waals surface area contributed by atoms with Crippen LogP contribution in [0, 0.1) is 11.3 Å². The van der Waals surface area contributed by atoms with Crippen molar-refractivity contribution < 1.29 is 5.11 Å². The maximum atomic E-state index is 9.50. The molecule has 0 amide bonds. The number of anilines is 2. The van der Waals surface area contributed by atoms with E-state index in [1.54, 1.807) is 17.5 Å². The van der Waals surface area contributed by atoms with Gasteiger partial charge in [0.25, 0.3) is 0 Å². The normalized spacial score (nSPS) is 11.4. The van der Waals surface area contributed by atoms with E-state index < -0.39 is 0 Å². The van der Waals surface area contributed by atoms with Gasteiger partial charge < -0.3 is 15.4 Å². The number of hydrogen-bond donors (Lipinski definition) is 3. The monoisotopic (exact) mass is 360 g/mol. The summed E-state index contributed by atoms with van der Waals surface area (Å²) in [6, 6.07) is 12.3. The Labute approximate surface area is 154 Å². The lowest BCUT2D eigenvalue weighted by atomic mass is 10.1. The summed E-state index contributed by atoms with van der Waals surface area (Å²) in [6.07, 6.45) is 8.04. The van der Waals surface area contributed by atoms with Crippen LogP contribution in [0.1, 0.15) is 16.9 Å². The van der Waals surface area contributed by atoms with Crippen LogP contribution >= 0.6 is 11.3 Å². The number of rotatable bonds is 5. The molecule has 0 aliphatic carbocycles. The molecule has 6 heteroatoms. The van der Waals surface area contributed by atoms with Crippen LogP contribution in [0.2, 0.25) is 0 Å². The minimum Gasteiger partial charge on any atom is -0.396 e. The third-order valence-corrected chi connectivity index (χ3v) is 5.11. The van der Waals surface area contributed by atoms with E-state index in [-0.39, 0.29) is 6.61 Å². The molecule has 4 rings (SSSR count). The van der Waals surface area contributed by atoms with Crippen molar-refractivity contribution in [1.82, 2.24) is 9.97 Å². The Hall–Kier alpha value is -3.14. The van der Waals surface area contributed by atoms with E-state index in [1.807, 2.05) is 48.7 Å². The average Bonchev–Trinajstić information content (AvgIpc) is 3.28. The van der Waals surface area contributed by atoms with Gasteiger partial charge in [0, 0.05) is 45.9 Å². The topological polar surface area (TPSA) is 84.7 Å². The molecule has 0 saturated heterocycles. The zero-order chi connectivity index (χ0) is 17.9. The zero-order valence-electron chi connectivity index (χ0n) is 13.9. The number of thiophene rings is 1. The minimum atomic E-state index is 0.132. The van der Waals surface area contributed by atoms with E-state index in [0.717, 1.165) is 37.4 Å². The highest BCUT2D eigenvalue weighted by Gasteiger charge is 2.12. The first-order valence-electron chi connectivity index (χ1n) is 8.22. The van der Waals surface area contributed by atoms with Gasteiger partial charge in [0.1, 0.15) is 10.9 Å². The summed E-state index contributed by atoms with van der Waals surface area (Å²) in [4.78, 5) is 9.50. The van der Waals surface area contributed by atoms with Crippen molar-refractivity contribution in [3.05, 3.63) is 59.2 Å². The highest BCUT2D eigenvalue weighted by Crippen LogP contribution is 2.35. The van der Waals surface area contributed by atoms with Crippen molar-refractivity contribution in [3.8, 4) is 6.07 Å². The number of nitrogens with one attached hydrogen (secondary N) is 2. The van der Waals surface area contributed by atoms with Crippen LogP contribution in [0.15, 0.2) is 48.8 Å². The molecule has 4 aromatic rings. The Bertz CT molecular complexity index is 1150. The quantitative estimate of drug-likeness (QED) is 0.478. The largest absolute Gasteiger partial charge is 0.396 e. The Morgan fingerprint density at radius 2 is 2.23 bits per heavy atom. The maximum absolute atomic E-state index is 9.50. The molecular formula is C20H16N4OS. The number of aromatic amines is 1. The van der Waals surface area contributed by atoms with Crippen molar-refractivity contribution in [2.45, 2.75) is 6.42 Å². The predicted octanol–water partition coefficient (Wildman–Crippen LogP) is 4.79. The molecule has 3 aromatic heterocycles. The fourth-order valence-corrected chi connectivity index (χ4v) is 3.80. The second kappa shape index (κ2) is 7.00. The molecule has 0 atom stereocenters. The average molecular weight is 360 g/mol. The van der Waals surface area contributed by atoms with Crippen molar-refractivity contribution in [2.75, 3.05) is 11.9 Å². The lowest BCUT2D eigenvalue weighted by Gasteiger charge is -2.09. The van der Waals surface area contributed by atoms with Gasteiger partial charge in [-0.05, 0) is 42.8 Å². The molecule has 0 unspecified atom stereocenters. The first-order valence-corrected chi connectivity index (χ1v) is 9.04. The standard InChI is InChI=1S/C20H16N4OS/c21-11-14-12-23-20-17(10-16(26-20)3-1-2-8-25)19(14)24-15-4-5-18-13(9-15)6-7-22-18/h1,3-7,9-10,12,22,25H,2,8H2,(H,23,24)/b3-1+. The summed E-state index contributed by atoms with van der Waals surface area (Å²) < 4.78 is 0. The van der Waals surface area contributed by atoms with Crippen LogP contribution in [0.25, 0.3) is 27.2 Å². The van der Waals surface area contributed by atoms with Crippen molar-refractivity contribution in [2.24, 2.45) is 0 Å². The molecule has 3 heterocycles. The van der Waals surface area contributed by atoms with Gasteiger partial charge in [0.2, 0.25) is 0 Å². The molecule has 3 N–H and O–H groups in total. The van der Waals surface area contributed by atoms with E-state index in [0.29, 0.717) is 12.0 Å². The third kappa shape index (κ3) is 3.06. The molecule has 128 valence electrons. The van der Waals surface area contributed by atoms with Crippen molar-refractivity contribution >= 4 is 49.9 Å². The highest BCUT2D eigenvalue weighted by molar-refractivity contribution is 7.19. The van der Waals surface area contributed by atoms with Gasteiger partial charge in [-0.15, -0.1) is 11.3 Å². The van der Waals surface area contributed by atoms with Gasteiger partial charge in [0.05, 0.1) is 11.3 Å². The fourth-order valence-electron chi connectivity index (χ4n) is 2.86. The van der Waals surface area contributed by atoms with Gasteiger partial charge in [-0.1, -0.05) is 6.08 Å². The first-order chi connectivity index (χ1) is 12.8. The minimum absolute atomic E-state index is 0.132. The van der Waals surface area contributed by atoms with E-state index in [4.69, 9.17) is 5.11 Å². The van der Waals surface area contributed by atoms with E-state index >= 15 is 0 Å². The summed E-state index contributed by atoms with van der Waals surface area (Å²) in [5.41, 5.74) is 3.27. The second-order valence-corrected chi connectivity index (χ2v) is 6.91. The Kier molecular flexibility index (Phi) is 4.40. The van der Waals surface area contributed by atoms with E-state index in [1.165, 1.54) is 0 Å². The van der Waals surface area contributed by atoms with E-state index in [2.05, 4.69) is 21.4 Å². The van der Waals surface area contributed by atoms with E-state index in [9.17, 15) is 5.26 Å². The summed E-state index contributed by atoms with van der Waals surface area (Å²) in [6.45, 7) is 0.132. The van der Waals surface area contributed by atoms with Gasteiger partial charge in [0.15, 0.2) is 0 Å². The molecule has 0 radical (unpaired) electrons. The predicted molar refractivity (Wildman–Crippen MR) is 107 cm³/mol. The molecule has 1 aromatic carbocycles. The first kappa shape index (κ1) is 16.3. The second-order valence-electron chi connectivity index (χ2n) is 5.85. The molecular weight excluding hydrogens is 344 g/mol. The number of pyridine rings is 1. The molecule has 0 aliphatic heterocycles.